The Morgan fingerprint density at radius 2 is 1.63 bits per heavy atom. The molecule has 9 heteroatoms. The highest BCUT2D eigenvalue weighted by Crippen LogP contribution is 2.74. The maximum atomic E-state index is 14.3. The minimum Gasteiger partial charge on any atom is -0.462 e. The number of rotatable bonds is 14. The Morgan fingerprint density at radius 1 is 0.957 bits per heavy atom. The summed E-state index contributed by atoms with van der Waals surface area (Å²) in [6.45, 7) is 19.0. The molecule has 7 N–H and O–H groups in total. The van der Waals surface area contributed by atoms with Crippen molar-refractivity contribution in [3.05, 3.63) is 0 Å². The van der Waals surface area contributed by atoms with Crippen LogP contribution in [0.5, 0.6) is 0 Å². The molecule has 0 heterocycles. The Labute approximate surface area is 279 Å². The Bertz CT molecular complexity index is 1040. The van der Waals surface area contributed by atoms with Crippen LogP contribution in [-0.2, 0) is 14.3 Å². The summed E-state index contributed by atoms with van der Waals surface area (Å²) in [5, 5.41) is 26.3. The van der Waals surface area contributed by atoms with Crippen molar-refractivity contribution in [3.63, 3.8) is 0 Å². The number of nitrogens with two attached hydrogens (primary N) is 2. The molecule has 4 aliphatic rings. The fraction of sp³-hybridized carbons (Fsp3) is 0.946. The van der Waals surface area contributed by atoms with Gasteiger partial charge in [0.15, 0.2) is 0 Å². The maximum Gasteiger partial charge on any atom is 0.302 e. The van der Waals surface area contributed by atoms with E-state index in [2.05, 4.69) is 51.8 Å². The molecule has 0 aromatic rings. The van der Waals surface area contributed by atoms with Crippen molar-refractivity contribution in [2.75, 3.05) is 39.3 Å². The Morgan fingerprint density at radius 3 is 2.24 bits per heavy atom. The number of esters is 1. The van der Waals surface area contributed by atoms with E-state index in [4.69, 9.17) is 16.2 Å². The first kappa shape index (κ1) is 37.6. The molecule has 9 nitrogen and oxygen atoms in total. The first-order valence-corrected chi connectivity index (χ1v) is 18.6. The molecule has 0 saturated heterocycles. The molecule has 4 saturated carbocycles. The number of amides is 1. The van der Waals surface area contributed by atoms with E-state index in [1.807, 2.05) is 0 Å². The standard InChI is InChI=1S/C37H68N4O5/c1-23(2)9-8-10-26(34(45)40-17-20-41(18-15-38)19-16-39)32-28-21-30(44)33-35(5)13-12-29(43)24(3)27(35)11-14-36(33,6)37(28,7)22-31(32)46-25(4)42/h23-24,26-33,43-44H,8-22,38-39H2,1-7H3,(H,40,45)/t24-,26-,27?,28?,29-,30+,31-,32-,33?,35-,36-,37-/m0/s1. The first-order valence-electron chi connectivity index (χ1n) is 18.6. The third kappa shape index (κ3) is 7.05. The van der Waals surface area contributed by atoms with E-state index >= 15 is 0 Å². The summed E-state index contributed by atoms with van der Waals surface area (Å²) in [6, 6.07) is 0. The van der Waals surface area contributed by atoms with Crippen molar-refractivity contribution in [1.29, 1.82) is 0 Å². The number of ether oxygens (including phenoxy) is 1. The number of nitrogens with zero attached hydrogens (tertiary/aromatic N) is 1. The van der Waals surface area contributed by atoms with Crippen molar-refractivity contribution < 1.29 is 24.5 Å². The first-order chi connectivity index (χ1) is 21.6. The minimum atomic E-state index is -0.502. The van der Waals surface area contributed by atoms with E-state index < -0.39 is 6.10 Å². The number of fused-ring (bicyclic) bond motifs is 5. The molecule has 0 aliphatic heterocycles. The number of hydrogen-bond acceptors (Lipinski definition) is 8. The summed E-state index contributed by atoms with van der Waals surface area (Å²) in [7, 11) is 0. The summed E-state index contributed by atoms with van der Waals surface area (Å²) >= 11 is 0. The largest absolute Gasteiger partial charge is 0.462 e. The third-order valence-electron chi connectivity index (χ3n) is 14.0. The summed E-state index contributed by atoms with van der Waals surface area (Å²) in [6.07, 6.45) is 6.58. The van der Waals surface area contributed by atoms with Gasteiger partial charge >= 0.3 is 5.97 Å². The van der Waals surface area contributed by atoms with Crippen LogP contribution >= 0.6 is 0 Å². The van der Waals surface area contributed by atoms with Crippen LogP contribution in [0.4, 0.5) is 0 Å². The normalized spacial score (nSPS) is 41.1. The van der Waals surface area contributed by atoms with Crippen LogP contribution in [-0.4, -0.2) is 84.6 Å². The van der Waals surface area contributed by atoms with Crippen LogP contribution in [0.15, 0.2) is 0 Å². The van der Waals surface area contributed by atoms with E-state index in [0.717, 1.165) is 64.5 Å². The molecule has 46 heavy (non-hydrogen) atoms. The van der Waals surface area contributed by atoms with Crippen LogP contribution < -0.4 is 16.8 Å². The third-order valence-corrected chi connectivity index (χ3v) is 14.0. The Balaban J connectivity index is 1.67. The van der Waals surface area contributed by atoms with Gasteiger partial charge in [-0.2, -0.15) is 0 Å². The van der Waals surface area contributed by atoms with Crippen LogP contribution in [0, 0.1) is 57.7 Å². The highest BCUT2D eigenvalue weighted by Gasteiger charge is 2.72. The predicted octanol–water partition coefficient (Wildman–Crippen LogP) is 3.93. The van der Waals surface area contributed by atoms with Gasteiger partial charge in [0.1, 0.15) is 6.10 Å². The van der Waals surface area contributed by atoms with Crippen molar-refractivity contribution in [1.82, 2.24) is 10.2 Å². The van der Waals surface area contributed by atoms with E-state index in [1.54, 1.807) is 0 Å². The van der Waals surface area contributed by atoms with Crippen LogP contribution in [0.3, 0.4) is 0 Å². The molecule has 0 radical (unpaired) electrons. The fourth-order valence-electron chi connectivity index (χ4n) is 11.7. The molecule has 4 aliphatic carbocycles. The van der Waals surface area contributed by atoms with Gasteiger partial charge in [-0.25, -0.2) is 0 Å². The van der Waals surface area contributed by atoms with Crippen LogP contribution in [0.1, 0.15) is 106 Å². The zero-order chi connectivity index (χ0) is 34.0. The molecular formula is C37H68N4O5. The number of carbonyl (C=O) groups excluding carboxylic acids is 2. The van der Waals surface area contributed by atoms with Gasteiger partial charge in [0.25, 0.3) is 0 Å². The monoisotopic (exact) mass is 649 g/mol. The average molecular weight is 649 g/mol. The molecule has 0 aromatic heterocycles. The second-order valence-corrected chi connectivity index (χ2v) is 16.9. The Hall–Kier alpha value is -1.26. The molecule has 4 fully saturated rings. The maximum absolute atomic E-state index is 14.3. The number of nitrogens with one attached hydrogen (secondary N) is 1. The van der Waals surface area contributed by atoms with Crippen LogP contribution in [0.25, 0.3) is 0 Å². The molecule has 266 valence electrons. The molecule has 1 amide bonds. The second-order valence-electron chi connectivity index (χ2n) is 16.9. The van der Waals surface area contributed by atoms with Crippen molar-refractivity contribution in [2.45, 2.75) is 125 Å². The smallest absolute Gasteiger partial charge is 0.302 e. The highest BCUT2D eigenvalue weighted by molar-refractivity contribution is 5.79. The minimum absolute atomic E-state index is 0.0307. The molecule has 4 rings (SSSR count). The molecule has 0 bridgehead atoms. The summed E-state index contributed by atoms with van der Waals surface area (Å²) in [5.74, 6) is 0.535. The average Bonchev–Trinajstić information content (AvgIpc) is 3.24. The van der Waals surface area contributed by atoms with Gasteiger partial charge < -0.3 is 31.7 Å². The van der Waals surface area contributed by atoms with Crippen LogP contribution in [0.2, 0.25) is 0 Å². The van der Waals surface area contributed by atoms with Gasteiger partial charge in [0.2, 0.25) is 5.91 Å². The van der Waals surface area contributed by atoms with E-state index in [1.165, 1.54) is 6.92 Å². The molecule has 3 unspecified atom stereocenters. The van der Waals surface area contributed by atoms with E-state index in [-0.39, 0.29) is 69.9 Å². The SMILES string of the molecule is CC(=O)O[C@H]1C[C@@]2(C)C(C[C@@H](O)C3[C@@]4(C)CC[C@H](O)[C@@H](C)C4CC[C@@]32C)[C@@H]1[C@H](CCCC(C)C)C(=O)NCCN(CCN)CCN. The summed E-state index contributed by atoms with van der Waals surface area (Å²) in [5.41, 5.74) is 11.2. The van der Waals surface area contributed by atoms with Crippen molar-refractivity contribution in [2.24, 2.45) is 69.1 Å². The summed E-state index contributed by atoms with van der Waals surface area (Å²) in [4.78, 5) is 29.1. The second kappa shape index (κ2) is 15.1. The highest BCUT2D eigenvalue weighted by atomic mass is 16.5. The van der Waals surface area contributed by atoms with E-state index in [0.29, 0.717) is 44.4 Å². The summed E-state index contributed by atoms with van der Waals surface area (Å²) < 4.78 is 6.20. The quantitative estimate of drug-likeness (QED) is 0.178. The lowest BCUT2D eigenvalue weighted by molar-refractivity contribution is -0.239. The zero-order valence-corrected chi connectivity index (χ0v) is 30.1. The topological polar surface area (TPSA) is 151 Å². The molecule has 0 spiro atoms. The Kier molecular flexibility index (Phi) is 12.3. The molecular weight excluding hydrogens is 580 g/mol. The van der Waals surface area contributed by atoms with Gasteiger partial charge in [-0.05, 0) is 90.8 Å². The molecule has 12 atom stereocenters. The van der Waals surface area contributed by atoms with Gasteiger partial charge in [-0.15, -0.1) is 0 Å². The van der Waals surface area contributed by atoms with E-state index in [9.17, 15) is 19.8 Å². The lowest BCUT2D eigenvalue weighted by Gasteiger charge is -2.69. The van der Waals surface area contributed by atoms with Gasteiger partial charge in [0.05, 0.1) is 12.2 Å². The van der Waals surface area contributed by atoms with Gasteiger partial charge in [-0.3, -0.25) is 14.5 Å². The fourth-order valence-corrected chi connectivity index (χ4v) is 11.7. The number of aliphatic hydroxyl groups excluding tert-OH is 2. The number of carbonyl (C=O) groups is 2. The number of aliphatic hydroxyl groups is 2. The van der Waals surface area contributed by atoms with Gasteiger partial charge in [-0.1, -0.05) is 54.4 Å². The van der Waals surface area contributed by atoms with Crippen molar-refractivity contribution >= 4 is 11.9 Å². The lowest BCUT2D eigenvalue weighted by Crippen LogP contribution is -2.66. The zero-order valence-electron chi connectivity index (χ0n) is 30.1. The molecule has 0 aromatic carbocycles. The lowest BCUT2D eigenvalue weighted by atomic mass is 9.36. The van der Waals surface area contributed by atoms with Gasteiger partial charge in [0, 0.05) is 58.0 Å². The van der Waals surface area contributed by atoms with Crippen molar-refractivity contribution in [3.8, 4) is 0 Å². The number of hydrogen-bond donors (Lipinski definition) is 5. The predicted molar refractivity (Wildman–Crippen MR) is 182 cm³/mol.